The van der Waals surface area contributed by atoms with E-state index in [1.807, 2.05) is 4.90 Å². The first-order valence-electron chi connectivity index (χ1n) is 8.78. The molecule has 3 aromatic rings. The minimum absolute atomic E-state index is 0.0183. The highest BCUT2D eigenvalue weighted by molar-refractivity contribution is 5.82. The predicted molar refractivity (Wildman–Crippen MR) is 97.8 cm³/mol. The molecule has 29 heavy (non-hydrogen) atoms. The van der Waals surface area contributed by atoms with Gasteiger partial charge in [-0.25, -0.2) is 4.98 Å². The van der Waals surface area contributed by atoms with Crippen molar-refractivity contribution in [3.8, 4) is 22.8 Å². The van der Waals surface area contributed by atoms with Crippen molar-refractivity contribution in [1.82, 2.24) is 20.0 Å². The Morgan fingerprint density at radius 1 is 1.10 bits per heavy atom. The van der Waals surface area contributed by atoms with E-state index < -0.39 is 11.7 Å². The van der Waals surface area contributed by atoms with Gasteiger partial charge in [0.25, 0.3) is 5.89 Å². The molecular weight excluding hydrogens is 387 g/mol. The van der Waals surface area contributed by atoms with Crippen LogP contribution in [0, 0.1) is 0 Å². The molecule has 3 heterocycles. The Labute approximate surface area is 163 Å². The van der Waals surface area contributed by atoms with Crippen LogP contribution in [0.1, 0.15) is 5.56 Å². The van der Waals surface area contributed by atoms with E-state index in [9.17, 15) is 18.0 Å². The molecule has 0 unspecified atom stereocenters. The lowest BCUT2D eigenvalue weighted by Gasteiger charge is -2.32. The van der Waals surface area contributed by atoms with Gasteiger partial charge in [0.05, 0.1) is 17.7 Å². The molecule has 150 valence electrons. The van der Waals surface area contributed by atoms with E-state index in [1.54, 1.807) is 24.1 Å². The minimum atomic E-state index is -4.45. The number of alkyl halides is 3. The van der Waals surface area contributed by atoms with Crippen LogP contribution < -0.4 is 4.90 Å². The van der Waals surface area contributed by atoms with E-state index in [1.165, 1.54) is 18.3 Å². The van der Waals surface area contributed by atoms with Crippen LogP contribution in [0.15, 0.2) is 47.1 Å². The van der Waals surface area contributed by atoms with Gasteiger partial charge in [-0.2, -0.15) is 18.2 Å². The summed E-state index contributed by atoms with van der Waals surface area (Å²) in [5.74, 6) is 0.864. The number of carbonyl (C=O) groups is 1. The number of halogens is 3. The average Bonchev–Trinajstić information content (AvgIpc) is 3.20. The zero-order chi connectivity index (χ0) is 20.6. The average molecular weight is 403 g/mol. The fourth-order valence-electron chi connectivity index (χ4n) is 2.95. The fourth-order valence-corrected chi connectivity index (χ4v) is 2.95. The molecule has 1 amide bonds. The molecule has 10 heteroatoms. The topological polar surface area (TPSA) is 75.4 Å². The van der Waals surface area contributed by atoms with Crippen LogP contribution in [0.4, 0.5) is 19.0 Å². The van der Waals surface area contributed by atoms with E-state index >= 15 is 0 Å². The van der Waals surface area contributed by atoms with Crippen molar-refractivity contribution in [3.05, 3.63) is 48.2 Å². The molecule has 0 aliphatic carbocycles. The maximum Gasteiger partial charge on any atom is 0.416 e. The van der Waals surface area contributed by atoms with E-state index in [2.05, 4.69) is 15.1 Å². The maximum absolute atomic E-state index is 12.9. The monoisotopic (exact) mass is 403 g/mol. The Morgan fingerprint density at radius 3 is 2.62 bits per heavy atom. The predicted octanol–water partition coefficient (Wildman–Crippen LogP) is 3.10. The molecule has 0 radical (unpaired) electrons. The zero-order valence-corrected chi connectivity index (χ0v) is 15.3. The number of hydrogen-bond acceptors (Lipinski definition) is 6. The Kier molecular flexibility index (Phi) is 4.69. The Balaban J connectivity index is 1.54. The minimum Gasteiger partial charge on any atom is -0.346 e. The van der Waals surface area contributed by atoms with E-state index in [4.69, 9.17) is 4.52 Å². The fraction of sp³-hybridized carbons (Fsp3) is 0.263. The second-order valence-corrected chi connectivity index (χ2v) is 6.64. The first-order valence-corrected chi connectivity index (χ1v) is 8.78. The Morgan fingerprint density at radius 2 is 1.93 bits per heavy atom. The smallest absolute Gasteiger partial charge is 0.346 e. The number of piperazine rings is 1. The number of amides is 1. The lowest BCUT2D eigenvalue weighted by Crippen LogP contribution is -2.48. The number of pyridine rings is 1. The summed E-state index contributed by atoms with van der Waals surface area (Å²) in [4.78, 5) is 23.9. The first-order chi connectivity index (χ1) is 13.8. The normalized spacial score (nSPS) is 15.1. The van der Waals surface area contributed by atoms with Gasteiger partial charge in [0.2, 0.25) is 11.7 Å². The molecule has 1 aliphatic rings. The Hall–Kier alpha value is -3.43. The summed E-state index contributed by atoms with van der Waals surface area (Å²) in [6, 6.07) is 8.19. The van der Waals surface area contributed by atoms with Gasteiger partial charge in [-0.3, -0.25) is 4.79 Å². The lowest BCUT2D eigenvalue weighted by atomic mass is 10.1. The third-order valence-corrected chi connectivity index (χ3v) is 4.65. The number of rotatable bonds is 3. The van der Waals surface area contributed by atoms with Crippen LogP contribution >= 0.6 is 0 Å². The van der Waals surface area contributed by atoms with Crippen LogP contribution in [-0.4, -0.2) is 52.6 Å². The van der Waals surface area contributed by atoms with Crippen molar-refractivity contribution in [2.45, 2.75) is 6.18 Å². The standard InChI is InChI=1S/C19H16F3N5O2/c1-26-7-8-27(11-16(26)28)15-6-5-13(10-23-15)18-24-17(25-29-18)12-3-2-4-14(9-12)19(20,21)22/h2-6,9-10H,7-8,11H2,1H3. The molecule has 1 saturated heterocycles. The van der Waals surface area contributed by atoms with E-state index in [0.29, 0.717) is 24.5 Å². The maximum atomic E-state index is 12.9. The van der Waals surface area contributed by atoms with Gasteiger partial charge in [0.15, 0.2) is 0 Å². The molecule has 2 aromatic heterocycles. The molecule has 1 fully saturated rings. The van der Waals surface area contributed by atoms with Gasteiger partial charge in [0, 0.05) is 31.9 Å². The zero-order valence-electron chi connectivity index (χ0n) is 15.3. The molecular formula is C19H16F3N5O2. The highest BCUT2D eigenvalue weighted by atomic mass is 19.4. The van der Waals surface area contributed by atoms with Gasteiger partial charge in [0.1, 0.15) is 5.82 Å². The number of carbonyl (C=O) groups excluding carboxylic acids is 1. The van der Waals surface area contributed by atoms with Crippen molar-refractivity contribution >= 4 is 11.7 Å². The number of anilines is 1. The largest absolute Gasteiger partial charge is 0.416 e. The summed E-state index contributed by atoms with van der Waals surface area (Å²) in [5.41, 5.74) is -0.0515. The molecule has 0 saturated carbocycles. The van der Waals surface area contributed by atoms with Crippen LogP contribution in [0.5, 0.6) is 0 Å². The number of hydrogen-bond donors (Lipinski definition) is 0. The van der Waals surface area contributed by atoms with Crippen LogP contribution in [0.2, 0.25) is 0 Å². The highest BCUT2D eigenvalue weighted by Crippen LogP contribution is 2.32. The second-order valence-electron chi connectivity index (χ2n) is 6.64. The Bertz CT molecular complexity index is 1030. The molecule has 0 bridgehead atoms. The lowest BCUT2D eigenvalue weighted by molar-refractivity contribution is -0.137. The summed E-state index contributed by atoms with van der Waals surface area (Å²) in [7, 11) is 1.76. The van der Waals surface area contributed by atoms with Crippen molar-refractivity contribution in [2.75, 3.05) is 31.6 Å². The van der Waals surface area contributed by atoms with E-state index in [0.717, 1.165) is 12.1 Å². The highest BCUT2D eigenvalue weighted by Gasteiger charge is 2.31. The van der Waals surface area contributed by atoms with Gasteiger partial charge >= 0.3 is 6.18 Å². The molecule has 0 N–H and O–H groups in total. The number of nitrogens with zero attached hydrogens (tertiary/aromatic N) is 5. The van der Waals surface area contributed by atoms with Crippen LogP contribution in [0.25, 0.3) is 22.8 Å². The summed E-state index contributed by atoms with van der Waals surface area (Å²) in [6.45, 7) is 1.55. The quantitative estimate of drug-likeness (QED) is 0.669. The molecule has 4 rings (SSSR count). The first kappa shape index (κ1) is 18.9. The van der Waals surface area contributed by atoms with Crippen LogP contribution in [-0.2, 0) is 11.0 Å². The summed E-state index contributed by atoms with van der Waals surface area (Å²) >= 11 is 0. The summed E-state index contributed by atoms with van der Waals surface area (Å²) < 4.78 is 43.9. The van der Waals surface area contributed by atoms with Gasteiger partial charge in [-0.15, -0.1) is 0 Å². The molecule has 0 atom stereocenters. The van der Waals surface area contributed by atoms with Crippen molar-refractivity contribution in [1.29, 1.82) is 0 Å². The molecule has 1 aliphatic heterocycles. The molecule has 7 nitrogen and oxygen atoms in total. The van der Waals surface area contributed by atoms with Gasteiger partial charge in [-0.05, 0) is 24.3 Å². The summed E-state index contributed by atoms with van der Waals surface area (Å²) in [6.07, 6.45) is -2.92. The number of aromatic nitrogens is 3. The van der Waals surface area contributed by atoms with Crippen molar-refractivity contribution in [2.24, 2.45) is 0 Å². The number of benzene rings is 1. The van der Waals surface area contributed by atoms with Crippen LogP contribution in [0.3, 0.4) is 0 Å². The van der Waals surface area contributed by atoms with Gasteiger partial charge in [-0.1, -0.05) is 17.3 Å². The van der Waals surface area contributed by atoms with Crippen molar-refractivity contribution < 1.29 is 22.5 Å². The SMILES string of the molecule is CN1CCN(c2ccc(-c3nc(-c4cccc(C(F)(F)F)c4)no3)cn2)CC1=O. The van der Waals surface area contributed by atoms with Crippen molar-refractivity contribution in [3.63, 3.8) is 0 Å². The van der Waals surface area contributed by atoms with Gasteiger partial charge < -0.3 is 14.3 Å². The third-order valence-electron chi connectivity index (χ3n) is 4.65. The second kappa shape index (κ2) is 7.19. The third kappa shape index (κ3) is 3.91. The number of likely N-dealkylation sites (N-methyl/N-ethyl adjacent to an activating group) is 1. The summed E-state index contributed by atoms with van der Waals surface area (Å²) in [5, 5.41) is 3.77. The van der Waals surface area contributed by atoms with E-state index in [-0.39, 0.29) is 29.7 Å². The molecule has 0 spiro atoms. The molecule has 1 aromatic carbocycles.